The lowest BCUT2D eigenvalue weighted by atomic mass is 10.2. The predicted octanol–water partition coefficient (Wildman–Crippen LogP) is 4.55. The summed E-state index contributed by atoms with van der Waals surface area (Å²) in [6, 6.07) is 0. The van der Waals surface area contributed by atoms with Crippen LogP contribution in [0, 0.1) is 0 Å². The first-order chi connectivity index (χ1) is 7.24. The Labute approximate surface area is 116 Å². The fourth-order valence-corrected chi connectivity index (χ4v) is 2.79. The second-order valence-corrected chi connectivity index (χ2v) is 7.83. The number of rotatable bonds is 3. The lowest BCUT2D eigenvalue weighted by molar-refractivity contribution is 0.0885. The number of halogens is 4. The first-order valence-corrected chi connectivity index (χ1v) is 7.70. The van der Waals surface area contributed by atoms with Crippen molar-refractivity contribution in [1.29, 1.82) is 0 Å². The van der Waals surface area contributed by atoms with E-state index in [2.05, 4.69) is 0 Å². The minimum atomic E-state index is -1.57. The van der Waals surface area contributed by atoms with Crippen molar-refractivity contribution in [3.63, 3.8) is 0 Å². The van der Waals surface area contributed by atoms with E-state index in [9.17, 15) is 0 Å². The van der Waals surface area contributed by atoms with Gasteiger partial charge in [0, 0.05) is 0 Å². The molecule has 1 heterocycles. The highest BCUT2D eigenvalue weighted by Gasteiger charge is 2.44. The molecular formula is C8H11Cl4O3P. The Hall–Kier alpha value is 0.890. The molecule has 94 valence electrons. The average Bonchev–Trinajstić information content (AvgIpc) is 2.16. The molecule has 1 aliphatic heterocycles. The highest BCUT2D eigenvalue weighted by molar-refractivity contribution is 7.83. The SMILES string of the molecule is CC(C)(OP(Cl)C1=COCCO1)C(Cl)(Cl)Cl. The van der Waals surface area contributed by atoms with Gasteiger partial charge in [0.2, 0.25) is 3.79 Å². The number of ether oxygens (including phenoxy) is 2. The quantitative estimate of drug-likeness (QED) is 0.562. The van der Waals surface area contributed by atoms with Gasteiger partial charge < -0.3 is 14.0 Å². The lowest BCUT2D eigenvalue weighted by Crippen LogP contribution is -2.37. The summed E-state index contributed by atoms with van der Waals surface area (Å²) in [6.45, 7) is 4.22. The van der Waals surface area contributed by atoms with Gasteiger partial charge in [0.25, 0.3) is 0 Å². The van der Waals surface area contributed by atoms with Gasteiger partial charge in [-0.1, -0.05) is 46.0 Å². The van der Waals surface area contributed by atoms with Crippen LogP contribution in [-0.4, -0.2) is 22.6 Å². The fraction of sp³-hybridized carbons (Fsp3) is 0.750. The number of alkyl halides is 3. The van der Waals surface area contributed by atoms with Gasteiger partial charge in [0.1, 0.15) is 25.1 Å². The maximum atomic E-state index is 6.04. The Morgan fingerprint density at radius 1 is 1.31 bits per heavy atom. The molecule has 0 aromatic heterocycles. The molecule has 1 unspecified atom stereocenters. The lowest BCUT2D eigenvalue weighted by Gasteiger charge is -2.34. The Kier molecular flexibility index (Phi) is 5.31. The van der Waals surface area contributed by atoms with Crippen LogP contribution < -0.4 is 0 Å². The van der Waals surface area contributed by atoms with Gasteiger partial charge in [-0.05, 0) is 13.8 Å². The van der Waals surface area contributed by atoms with Crippen molar-refractivity contribution in [3.05, 3.63) is 11.8 Å². The van der Waals surface area contributed by atoms with E-state index in [-0.39, 0.29) is 0 Å². The largest absolute Gasteiger partial charge is 0.494 e. The number of hydrogen-bond donors (Lipinski definition) is 0. The second kappa shape index (κ2) is 5.69. The van der Waals surface area contributed by atoms with E-state index in [1.165, 1.54) is 6.26 Å². The van der Waals surface area contributed by atoms with Crippen LogP contribution in [0.1, 0.15) is 13.8 Å². The standard InChI is InChI=1S/C8H11Cl4O3P/c1-7(2,8(9,10)11)15-16(12)6-5-13-3-4-14-6/h5H,3-4H2,1-2H3. The van der Waals surface area contributed by atoms with Crippen molar-refractivity contribution in [1.82, 2.24) is 0 Å². The Morgan fingerprint density at radius 2 is 1.94 bits per heavy atom. The Balaban J connectivity index is 2.63. The molecule has 0 radical (unpaired) electrons. The van der Waals surface area contributed by atoms with Crippen LogP contribution in [0.15, 0.2) is 11.8 Å². The van der Waals surface area contributed by atoms with Crippen molar-refractivity contribution < 1.29 is 14.0 Å². The van der Waals surface area contributed by atoms with E-state index < -0.39 is 16.9 Å². The smallest absolute Gasteiger partial charge is 0.218 e. The van der Waals surface area contributed by atoms with E-state index >= 15 is 0 Å². The minimum Gasteiger partial charge on any atom is -0.494 e. The minimum absolute atomic E-state index is 0.435. The normalized spacial score (nSPS) is 19.5. The fourth-order valence-electron chi connectivity index (χ4n) is 0.748. The molecular weight excluding hydrogens is 317 g/mol. The van der Waals surface area contributed by atoms with Gasteiger partial charge >= 0.3 is 0 Å². The van der Waals surface area contributed by atoms with Gasteiger partial charge in [0.05, 0.1) is 0 Å². The van der Waals surface area contributed by atoms with Gasteiger partial charge in [-0.25, -0.2) is 0 Å². The zero-order valence-corrected chi connectivity index (χ0v) is 12.6. The summed E-state index contributed by atoms with van der Waals surface area (Å²) in [4.78, 5) is 0. The second-order valence-electron chi connectivity index (χ2n) is 3.52. The van der Waals surface area contributed by atoms with Crippen molar-refractivity contribution >= 4 is 53.5 Å². The molecule has 0 aromatic carbocycles. The summed E-state index contributed by atoms with van der Waals surface area (Å²) in [5.74, 6) is 0. The van der Waals surface area contributed by atoms with Gasteiger partial charge in [-0.15, -0.1) is 0 Å². The van der Waals surface area contributed by atoms with Crippen LogP contribution >= 0.6 is 53.5 Å². The summed E-state index contributed by atoms with van der Waals surface area (Å²) in [5, 5.41) is 0. The highest BCUT2D eigenvalue weighted by Crippen LogP contribution is 2.58. The average molecular weight is 328 g/mol. The van der Waals surface area contributed by atoms with Gasteiger partial charge in [-0.3, -0.25) is 0 Å². The first kappa shape index (κ1) is 14.9. The number of hydrogen-bond acceptors (Lipinski definition) is 3. The molecule has 16 heavy (non-hydrogen) atoms. The molecule has 0 saturated carbocycles. The predicted molar refractivity (Wildman–Crippen MR) is 68.2 cm³/mol. The molecule has 1 atom stereocenters. The van der Waals surface area contributed by atoms with E-state index in [1.54, 1.807) is 13.8 Å². The third kappa shape index (κ3) is 3.97. The monoisotopic (exact) mass is 326 g/mol. The zero-order valence-electron chi connectivity index (χ0n) is 8.68. The van der Waals surface area contributed by atoms with Crippen LogP contribution in [0.4, 0.5) is 0 Å². The van der Waals surface area contributed by atoms with Gasteiger partial charge in [0.15, 0.2) is 13.0 Å². The van der Waals surface area contributed by atoms with E-state index in [0.717, 1.165) is 0 Å². The summed E-state index contributed by atoms with van der Waals surface area (Å²) < 4.78 is 14.3. The van der Waals surface area contributed by atoms with Crippen molar-refractivity contribution in [2.24, 2.45) is 0 Å². The summed E-state index contributed by atoms with van der Waals surface area (Å²) in [5.41, 5.74) is -0.586. The van der Waals surface area contributed by atoms with Crippen molar-refractivity contribution in [3.8, 4) is 0 Å². The molecule has 0 saturated heterocycles. The highest BCUT2D eigenvalue weighted by atomic mass is 35.7. The molecule has 0 amide bonds. The maximum absolute atomic E-state index is 6.04. The molecule has 0 spiro atoms. The molecule has 8 heteroatoms. The van der Waals surface area contributed by atoms with Crippen LogP contribution in [0.25, 0.3) is 0 Å². The summed E-state index contributed by atoms with van der Waals surface area (Å²) in [6.07, 6.45) is 1.43. The van der Waals surface area contributed by atoms with Crippen LogP contribution in [0.3, 0.4) is 0 Å². The van der Waals surface area contributed by atoms with E-state index in [0.29, 0.717) is 18.7 Å². The Morgan fingerprint density at radius 3 is 2.38 bits per heavy atom. The molecule has 0 aliphatic carbocycles. The summed E-state index contributed by atoms with van der Waals surface area (Å²) >= 11 is 23.4. The van der Waals surface area contributed by atoms with E-state index in [4.69, 9.17) is 60.0 Å². The first-order valence-electron chi connectivity index (χ1n) is 4.40. The third-order valence-corrected chi connectivity index (χ3v) is 5.07. The Bertz CT molecular complexity index is 277. The zero-order chi connectivity index (χ0) is 12.4. The molecule has 1 rings (SSSR count). The molecule has 0 fully saturated rings. The van der Waals surface area contributed by atoms with Crippen LogP contribution in [0.5, 0.6) is 0 Å². The van der Waals surface area contributed by atoms with Crippen molar-refractivity contribution in [2.75, 3.05) is 13.2 Å². The topological polar surface area (TPSA) is 27.7 Å². The molecule has 0 N–H and O–H groups in total. The summed E-state index contributed by atoms with van der Waals surface area (Å²) in [7, 11) is -1.52. The molecule has 0 bridgehead atoms. The van der Waals surface area contributed by atoms with Crippen molar-refractivity contribution in [2.45, 2.75) is 23.2 Å². The van der Waals surface area contributed by atoms with Gasteiger partial charge in [-0.2, -0.15) is 0 Å². The van der Waals surface area contributed by atoms with E-state index in [1.807, 2.05) is 0 Å². The van der Waals surface area contributed by atoms with Crippen LogP contribution in [-0.2, 0) is 14.0 Å². The van der Waals surface area contributed by atoms with Crippen LogP contribution in [0.2, 0.25) is 0 Å². The molecule has 0 aromatic rings. The maximum Gasteiger partial charge on any atom is 0.218 e. The third-order valence-electron chi connectivity index (χ3n) is 1.80. The molecule has 1 aliphatic rings. The molecule has 3 nitrogen and oxygen atoms in total.